The average molecular weight is 930 g/mol. The van der Waals surface area contributed by atoms with Gasteiger partial charge >= 0.3 is 0 Å². The maximum atomic E-state index is 14.8. The molecule has 0 fully saturated rings. The van der Waals surface area contributed by atoms with Crippen LogP contribution in [0.25, 0.3) is 28.6 Å². The van der Waals surface area contributed by atoms with Crippen LogP contribution in [0.15, 0.2) is 66.2 Å². The van der Waals surface area contributed by atoms with Gasteiger partial charge in [-0.15, -0.1) is 0 Å². The fourth-order valence-electron chi connectivity index (χ4n) is 7.95. The van der Waals surface area contributed by atoms with Crippen LogP contribution >= 0.6 is 0 Å². The summed E-state index contributed by atoms with van der Waals surface area (Å²) in [6.45, 7) is 9.45. The summed E-state index contributed by atoms with van der Waals surface area (Å²) >= 11 is 0. The highest BCUT2D eigenvalue weighted by atomic mass is 16.5. The van der Waals surface area contributed by atoms with E-state index < -0.39 is 53.7 Å². The molecule has 18 nitrogen and oxygen atoms in total. The Morgan fingerprint density at radius 3 is 2.09 bits per heavy atom. The summed E-state index contributed by atoms with van der Waals surface area (Å²) in [6.07, 6.45) is 4.09. The number of nitrogens with one attached hydrogen (secondary N) is 4. The number of allylic oxidation sites excluding steroid dienone is 1. The summed E-state index contributed by atoms with van der Waals surface area (Å²) < 4.78 is 12.2. The van der Waals surface area contributed by atoms with Gasteiger partial charge in [0.25, 0.3) is 5.91 Å². The van der Waals surface area contributed by atoms with E-state index in [1.807, 2.05) is 30.3 Å². The minimum absolute atomic E-state index is 0.000763. The monoisotopic (exact) mass is 929 g/mol. The van der Waals surface area contributed by atoms with Crippen LogP contribution in [0.3, 0.4) is 0 Å². The Bertz CT molecular complexity index is 2510. The molecule has 0 aliphatic carbocycles. The number of carbonyl (C=O) groups is 5. The van der Waals surface area contributed by atoms with Crippen LogP contribution in [-0.4, -0.2) is 109 Å². The van der Waals surface area contributed by atoms with Crippen LogP contribution in [0.5, 0.6) is 11.5 Å². The first-order valence-electron chi connectivity index (χ1n) is 22.8. The number of carbonyl (C=O) groups excluding carboxylic acids is 5. The zero-order chi connectivity index (χ0) is 49.5. The van der Waals surface area contributed by atoms with Crippen LogP contribution < -0.4 is 47.9 Å². The Balaban J connectivity index is 1.55. The van der Waals surface area contributed by atoms with E-state index >= 15 is 0 Å². The zero-order valence-electron chi connectivity index (χ0n) is 39.6. The van der Waals surface area contributed by atoms with E-state index in [1.165, 1.54) is 24.4 Å². The van der Waals surface area contributed by atoms with Gasteiger partial charge in [0.1, 0.15) is 55.4 Å². The number of aryl methyl sites for hydroxylation is 2. The number of nitrogens with two attached hydrogens (primary N) is 3. The van der Waals surface area contributed by atoms with Crippen LogP contribution in [0.1, 0.15) is 84.5 Å². The maximum absolute atomic E-state index is 14.8. The number of amides is 5. The number of nitrogens with zero attached hydrogens (tertiary/aromatic N) is 4. The zero-order valence-corrected chi connectivity index (χ0v) is 39.6. The molecule has 1 aromatic heterocycles. The van der Waals surface area contributed by atoms with Gasteiger partial charge in [0.15, 0.2) is 5.82 Å². The van der Waals surface area contributed by atoms with Crippen molar-refractivity contribution in [2.24, 2.45) is 17.2 Å². The largest absolute Gasteiger partial charge is 0.492 e. The second-order valence-electron chi connectivity index (χ2n) is 16.4. The first kappa shape index (κ1) is 51.8. The molecule has 360 valence electrons. The number of rotatable bonds is 18. The minimum atomic E-state index is -1.41. The van der Waals surface area contributed by atoms with E-state index in [1.54, 1.807) is 50.2 Å². The lowest BCUT2D eigenvalue weighted by Crippen LogP contribution is -2.56. The van der Waals surface area contributed by atoms with Gasteiger partial charge in [-0.3, -0.25) is 24.0 Å². The number of benzene rings is 3. The summed E-state index contributed by atoms with van der Waals surface area (Å²) in [5, 5.41) is 20.0. The molecule has 4 bridgehead atoms. The van der Waals surface area contributed by atoms with Crippen molar-refractivity contribution in [3.63, 3.8) is 0 Å². The molecule has 2 heterocycles. The van der Waals surface area contributed by atoms with Gasteiger partial charge < -0.3 is 52.8 Å². The van der Waals surface area contributed by atoms with E-state index in [0.717, 1.165) is 24.0 Å². The van der Waals surface area contributed by atoms with Crippen molar-refractivity contribution in [3.8, 4) is 40.1 Å². The standard InChI is InChI=1S/C50H63N11O7/c1-7-32(8-2)25-33-9-12-35(13-10-33)45-56-29(3)43(30(4)57-45)48(64)59-39(17-18-51)50(66)61(6)44-36-14-16-42(68-24-21-54)38(28-36)37-26-34(11-15-41(37)67-23-20-53)27-40(47(63)55-22-19-52)60-46(62)31(5)58-49(44)65/h9-16,25-26,28,31,39-40,44H,7-8,17-18,20-24,27,51,53-54H2,1-6H3,(H,55,63)(H,58,65)(H,59,64)(H,60,62)/t31-,39-,40-,44-/m0/s1. The van der Waals surface area contributed by atoms with E-state index in [2.05, 4.69) is 51.2 Å². The predicted molar refractivity (Wildman–Crippen MR) is 259 cm³/mol. The SMILES string of the molecule is CCC(=Cc1ccc(-c2nc(C)c(C(=O)N[C@@H](CCN)C(=O)N(C)[C@@H]3C(=O)N[C@@H](C)C(=O)N[C@H](C(=O)NCC#N)Cc4ccc(OCCN)c(c4)-c4cc3ccc4OCCN)c(C)n2)cc1)CC. The van der Waals surface area contributed by atoms with Gasteiger partial charge in [0.05, 0.1) is 23.0 Å². The molecule has 0 saturated heterocycles. The number of likely N-dealkylation sites (N-methyl/N-ethyl adjacent to an activating group) is 1. The lowest BCUT2D eigenvalue weighted by molar-refractivity contribution is -0.141. The number of nitriles is 1. The molecule has 1 aliphatic heterocycles. The van der Waals surface area contributed by atoms with Crippen molar-refractivity contribution in [2.45, 2.75) is 84.5 Å². The molecule has 10 N–H and O–H groups in total. The topological polar surface area (TPSA) is 283 Å². The van der Waals surface area contributed by atoms with Crippen LogP contribution in [0.2, 0.25) is 0 Å². The maximum Gasteiger partial charge on any atom is 0.255 e. The fourth-order valence-corrected chi connectivity index (χ4v) is 7.95. The summed E-state index contributed by atoms with van der Waals surface area (Å²) in [5.41, 5.74) is 23.7. The molecular formula is C50H63N11O7. The number of hydrogen-bond donors (Lipinski definition) is 7. The van der Waals surface area contributed by atoms with E-state index in [9.17, 15) is 29.2 Å². The van der Waals surface area contributed by atoms with E-state index in [4.69, 9.17) is 26.7 Å². The van der Waals surface area contributed by atoms with Crippen molar-refractivity contribution >= 4 is 35.6 Å². The van der Waals surface area contributed by atoms with Gasteiger partial charge in [0, 0.05) is 43.2 Å². The van der Waals surface area contributed by atoms with Crippen molar-refractivity contribution in [1.29, 1.82) is 5.26 Å². The van der Waals surface area contributed by atoms with Gasteiger partial charge in [0.2, 0.25) is 23.6 Å². The number of hydrogen-bond acceptors (Lipinski definition) is 13. The Labute approximate surface area is 397 Å². The second-order valence-corrected chi connectivity index (χ2v) is 16.4. The van der Waals surface area contributed by atoms with Gasteiger partial charge in [-0.2, -0.15) is 5.26 Å². The van der Waals surface area contributed by atoms with Crippen molar-refractivity contribution in [3.05, 3.63) is 99.9 Å². The van der Waals surface area contributed by atoms with E-state index in [-0.39, 0.29) is 57.8 Å². The predicted octanol–water partition coefficient (Wildman–Crippen LogP) is 3.14. The highest BCUT2D eigenvalue weighted by molar-refractivity contribution is 6.00. The van der Waals surface area contributed by atoms with Gasteiger partial charge in [-0.25, -0.2) is 9.97 Å². The molecule has 18 heteroatoms. The Morgan fingerprint density at radius 1 is 0.882 bits per heavy atom. The number of ether oxygens (including phenoxy) is 2. The lowest BCUT2D eigenvalue weighted by Gasteiger charge is -2.32. The molecular weight excluding hydrogens is 867 g/mol. The Hall–Kier alpha value is -7.20. The second kappa shape index (κ2) is 24.5. The third-order valence-corrected chi connectivity index (χ3v) is 11.6. The van der Waals surface area contributed by atoms with Crippen molar-refractivity contribution in [2.75, 3.05) is 46.4 Å². The van der Waals surface area contributed by atoms with Crippen LogP contribution in [0.4, 0.5) is 0 Å². The average Bonchev–Trinajstić information content (AvgIpc) is 3.32. The molecule has 3 aromatic carbocycles. The molecule has 0 unspecified atom stereocenters. The number of fused-ring (bicyclic) bond motifs is 5. The third kappa shape index (κ3) is 12.8. The molecule has 0 spiro atoms. The molecule has 5 amide bonds. The molecule has 4 aromatic rings. The quantitative estimate of drug-likeness (QED) is 0.0708. The third-order valence-electron chi connectivity index (χ3n) is 11.6. The molecule has 1 aliphatic rings. The molecule has 4 atom stereocenters. The molecule has 0 radical (unpaired) electrons. The van der Waals surface area contributed by atoms with Gasteiger partial charge in [-0.05, 0) is 87.5 Å². The summed E-state index contributed by atoms with van der Waals surface area (Å²) in [5.74, 6) is -2.14. The molecule has 5 rings (SSSR count). The summed E-state index contributed by atoms with van der Waals surface area (Å²) in [6, 6.07) is 14.9. The van der Waals surface area contributed by atoms with Crippen molar-refractivity contribution in [1.82, 2.24) is 36.1 Å². The normalized spacial score (nSPS) is 16.1. The van der Waals surface area contributed by atoms with Gasteiger partial charge in [-0.1, -0.05) is 61.9 Å². The number of aromatic nitrogens is 2. The first-order chi connectivity index (χ1) is 32.7. The summed E-state index contributed by atoms with van der Waals surface area (Å²) in [7, 11) is 1.42. The molecule has 0 saturated carbocycles. The highest BCUT2D eigenvalue weighted by Gasteiger charge is 2.36. The Kier molecular flexibility index (Phi) is 18.7. The minimum Gasteiger partial charge on any atom is -0.492 e. The van der Waals surface area contributed by atoms with Crippen LogP contribution in [0, 0.1) is 25.2 Å². The van der Waals surface area contributed by atoms with Crippen LogP contribution in [-0.2, 0) is 25.6 Å². The smallest absolute Gasteiger partial charge is 0.255 e. The van der Waals surface area contributed by atoms with Crippen molar-refractivity contribution < 1.29 is 33.4 Å². The Morgan fingerprint density at radius 2 is 1.50 bits per heavy atom. The fraction of sp³-hybridized carbons (Fsp3) is 0.400. The highest BCUT2D eigenvalue weighted by Crippen LogP contribution is 2.40. The first-order valence-corrected chi connectivity index (χ1v) is 22.8. The molecule has 68 heavy (non-hydrogen) atoms. The van der Waals surface area contributed by atoms with E-state index in [0.29, 0.717) is 51.0 Å². The lowest BCUT2D eigenvalue weighted by atomic mass is 9.93. The summed E-state index contributed by atoms with van der Waals surface area (Å²) in [4.78, 5) is 81.2.